The minimum Gasteiger partial charge on any atom is -0.373 e. The lowest BCUT2D eigenvalue weighted by Gasteiger charge is -2.13. The maximum Gasteiger partial charge on any atom is 0.0721 e. The van der Waals surface area contributed by atoms with Crippen LogP contribution >= 0.6 is 15.9 Å². The Bertz CT molecular complexity index is 310. The van der Waals surface area contributed by atoms with Crippen molar-refractivity contribution < 1.29 is 4.74 Å². The Balaban J connectivity index is 2.23. The third-order valence-corrected chi connectivity index (χ3v) is 2.70. The highest BCUT2D eigenvalue weighted by Crippen LogP contribution is 2.11. The number of halogens is 1. The van der Waals surface area contributed by atoms with E-state index < -0.39 is 0 Å². The Labute approximate surface area is 106 Å². The number of rotatable bonds is 7. The second kappa shape index (κ2) is 7.60. The number of nitrogens with one attached hydrogen (secondary N) is 1. The Morgan fingerprint density at radius 1 is 1.44 bits per heavy atom. The van der Waals surface area contributed by atoms with E-state index in [0.717, 1.165) is 17.6 Å². The van der Waals surface area contributed by atoms with Gasteiger partial charge in [0.05, 0.1) is 12.7 Å². The van der Waals surface area contributed by atoms with E-state index in [1.165, 1.54) is 5.56 Å². The number of ether oxygens (including phenoxy) is 1. The topological polar surface area (TPSA) is 21.3 Å². The zero-order chi connectivity index (χ0) is 11.8. The molecule has 0 amide bonds. The molecule has 0 radical (unpaired) electrons. The summed E-state index contributed by atoms with van der Waals surface area (Å²) in [4.78, 5) is 0. The van der Waals surface area contributed by atoms with Gasteiger partial charge in [0.25, 0.3) is 0 Å². The van der Waals surface area contributed by atoms with E-state index in [-0.39, 0.29) is 6.10 Å². The number of hydrogen-bond donors (Lipinski definition) is 1. The fraction of sp³-hybridized carbons (Fsp3) is 0.385. The molecule has 1 rings (SSSR count). The lowest BCUT2D eigenvalue weighted by atomic mass is 10.2. The molecular formula is C13H18BrNO. The molecular weight excluding hydrogens is 266 g/mol. The van der Waals surface area contributed by atoms with Gasteiger partial charge in [-0.15, -0.1) is 6.58 Å². The molecule has 2 nitrogen and oxygen atoms in total. The summed E-state index contributed by atoms with van der Waals surface area (Å²) in [6.07, 6.45) is 2.06. The average molecular weight is 284 g/mol. The van der Waals surface area contributed by atoms with Crippen LogP contribution in [0.15, 0.2) is 41.4 Å². The van der Waals surface area contributed by atoms with E-state index in [9.17, 15) is 0 Å². The largest absolute Gasteiger partial charge is 0.373 e. The summed E-state index contributed by atoms with van der Waals surface area (Å²) in [5.41, 5.74) is 1.19. The normalized spacial score (nSPS) is 12.4. The van der Waals surface area contributed by atoms with E-state index in [1.54, 1.807) is 0 Å². The third kappa shape index (κ3) is 5.45. The monoisotopic (exact) mass is 283 g/mol. The molecule has 88 valence electrons. The van der Waals surface area contributed by atoms with Crippen molar-refractivity contribution in [3.63, 3.8) is 0 Å². The van der Waals surface area contributed by atoms with Crippen molar-refractivity contribution in [3.05, 3.63) is 47.0 Å². The standard InChI is InChI=1S/C13H18BrNO/c1-3-8-15-9-11(2)16-10-12-4-6-13(14)7-5-12/h3-7,11,15H,1,8-10H2,2H3. The molecule has 16 heavy (non-hydrogen) atoms. The molecule has 0 spiro atoms. The SMILES string of the molecule is C=CCNCC(C)OCc1ccc(Br)cc1. The van der Waals surface area contributed by atoms with E-state index in [2.05, 4.69) is 46.9 Å². The van der Waals surface area contributed by atoms with Gasteiger partial charge >= 0.3 is 0 Å². The first-order valence-corrected chi connectivity index (χ1v) is 6.19. The van der Waals surface area contributed by atoms with E-state index in [0.29, 0.717) is 6.61 Å². The highest BCUT2D eigenvalue weighted by atomic mass is 79.9. The van der Waals surface area contributed by atoms with Gasteiger partial charge in [-0.3, -0.25) is 0 Å². The van der Waals surface area contributed by atoms with Gasteiger partial charge in [-0.2, -0.15) is 0 Å². The summed E-state index contributed by atoms with van der Waals surface area (Å²) in [7, 11) is 0. The fourth-order valence-electron chi connectivity index (χ4n) is 1.27. The highest BCUT2D eigenvalue weighted by Gasteiger charge is 2.01. The summed E-state index contributed by atoms with van der Waals surface area (Å²) in [5.74, 6) is 0. The molecule has 0 aliphatic carbocycles. The van der Waals surface area contributed by atoms with Gasteiger partial charge in [-0.25, -0.2) is 0 Å². The molecule has 0 aromatic heterocycles. The summed E-state index contributed by atoms with van der Waals surface area (Å²) in [6, 6.07) is 8.18. The maximum absolute atomic E-state index is 5.70. The van der Waals surface area contributed by atoms with Gasteiger partial charge in [0.2, 0.25) is 0 Å². The molecule has 0 bridgehead atoms. The quantitative estimate of drug-likeness (QED) is 0.613. The van der Waals surface area contributed by atoms with Crippen LogP contribution in [0.3, 0.4) is 0 Å². The van der Waals surface area contributed by atoms with Crippen LogP contribution in [0.4, 0.5) is 0 Å². The van der Waals surface area contributed by atoms with Crippen molar-refractivity contribution in [1.82, 2.24) is 5.32 Å². The molecule has 0 aliphatic rings. The molecule has 1 aromatic carbocycles. The molecule has 3 heteroatoms. The van der Waals surface area contributed by atoms with Gasteiger partial charge in [0.15, 0.2) is 0 Å². The van der Waals surface area contributed by atoms with Crippen molar-refractivity contribution in [2.24, 2.45) is 0 Å². The highest BCUT2D eigenvalue weighted by molar-refractivity contribution is 9.10. The smallest absolute Gasteiger partial charge is 0.0721 e. The van der Waals surface area contributed by atoms with Crippen LogP contribution in [0, 0.1) is 0 Å². The summed E-state index contributed by atoms with van der Waals surface area (Å²) in [5, 5.41) is 3.23. The second-order valence-electron chi connectivity index (χ2n) is 3.70. The van der Waals surface area contributed by atoms with Crippen LogP contribution < -0.4 is 5.32 Å². The van der Waals surface area contributed by atoms with Crippen molar-refractivity contribution in [1.29, 1.82) is 0 Å². The minimum absolute atomic E-state index is 0.212. The molecule has 1 aromatic rings. The molecule has 0 aliphatic heterocycles. The average Bonchev–Trinajstić information content (AvgIpc) is 2.29. The lowest BCUT2D eigenvalue weighted by Crippen LogP contribution is -2.26. The van der Waals surface area contributed by atoms with Crippen LogP contribution in [-0.2, 0) is 11.3 Å². The number of benzene rings is 1. The number of hydrogen-bond acceptors (Lipinski definition) is 2. The molecule has 0 fully saturated rings. The van der Waals surface area contributed by atoms with Gasteiger partial charge < -0.3 is 10.1 Å². The van der Waals surface area contributed by atoms with Crippen LogP contribution in [0.5, 0.6) is 0 Å². The third-order valence-electron chi connectivity index (χ3n) is 2.17. The van der Waals surface area contributed by atoms with Gasteiger partial charge in [0.1, 0.15) is 0 Å². The Hall–Kier alpha value is -0.640. The van der Waals surface area contributed by atoms with E-state index in [4.69, 9.17) is 4.74 Å². The molecule has 1 N–H and O–H groups in total. The van der Waals surface area contributed by atoms with Gasteiger partial charge in [-0.05, 0) is 24.6 Å². The molecule has 1 atom stereocenters. The van der Waals surface area contributed by atoms with Crippen molar-refractivity contribution in [3.8, 4) is 0 Å². The van der Waals surface area contributed by atoms with Gasteiger partial charge in [-0.1, -0.05) is 34.1 Å². The zero-order valence-corrected chi connectivity index (χ0v) is 11.2. The van der Waals surface area contributed by atoms with Crippen molar-refractivity contribution in [2.75, 3.05) is 13.1 Å². The molecule has 1 unspecified atom stereocenters. The summed E-state index contributed by atoms with van der Waals surface area (Å²) < 4.78 is 6.80. The van der Waals surface area contributed by atoms with E-state index >= 15 is 0 Å². The predicted molar refractivity (Wildman–Crippen MR) is 71.5 cm³/mol. The van der Waals surface area contributed by atoms with Crippen LogP contribution in [0.2, 0.25) is 0 Å². The summed E-state index contributed by atoms with van der Waals surface area (Å²) in [6.45, 7) is 8.05. The zero-order valence-electron chi connectivity index (χ0n) is 9.58. The molecule has 0 heterocycles. The maximum atomic E-state index is 5.70. The van der Waals surface area contributed by atoms with Crippen LogP contribution in [0.25, 0.3) is 0 Å². The first-order chi connectivity index (χ1) is 7.72. The van der Waals surface area contributed by atoms with Crippen LogP contribution in [0.1, 0.15) is 12.5 Å². The first kappa shape index (κ1) is 13.4. The molecule has 0 saturated carbocycles. The second-order valence-corrected chi connectivity index (χ2v) is 4.61. The van der Waals surface area contributed by atoms with Crippen LogP contribution in [-0.4, -0.2) is 19.2 Å². The molecule has 0 saturated heterocycles. The summed E-state index contributed by atoms with van der Waals surface area (Å²) >= 11 is 3.41. The Morgan fingerprint density at radius 3 is 2.75 bits per heavy atom. The van der Waals surface area contributed by atoms with Gasteiger partial charge in [0, 0.05) is 17.6 Å². The lowest BCUT2D eigenvalue weighted by molar-refractivity contribution is 0.0538. The first-order valence-electron chi connectivity index (χ1n) is 5.40. The Kier molecular flexibility index (Phi) is 6.38. The predicted octanol–water partition coefficient (Wildman–Crippen LogP) is 3.13. The Morgan fingerprint density at radius 2 is 2.12 bits per heavy atom. The minimum atomic E-state index is 0.212. The van der Waals surface area contributed by atoms with Crippen molar-refractivity contribution in [2.45, 2.75) is 19.6 Å². The van der Waals surface area contributed by atoms with Crippen molar-refractivity contribution >= 4 is 15.9 Å². The fourth-order valence-corrected chi connectivity index (χ4v) is 1.53. The van der Waals surface area contributed by atoms with E-state index in [1.807, 2.05) is 18.2 Å².